The number of hydrogen-bond acceptors (Lipinski definition) is 1. The molecule has 0 aromatic heterocycles. The van der Waals surface area contributed by atoms with Gasteiger partial charge in [-0.3, -0.25) is 0 Å². The van der Waals surface area contributed by atoms with Gasteiger partial charge in [-0.2, -0.15) is 0 Å². The van der Waals surface area contributed by atoms with E-state index >= 15 is 0 Å². The van der Waals surface area contributed by atoms with Crippen LogP contribution in [0.1, 0.15) is 11.1 Å². The van der Waals surface area contributed by atoms with Crippen molar-refractivity contribution < 1.29 is 5.11 Å². The first kappa shape index (κ1) is 11.0. The zero-order chi connectivity index (χ0) is 11.4. The molecule has 2 aromatic rings. The molecule has 0 aliphatic carbocycles. The smallest absolute Gasteiger partial charge is 0.137 e. The SMILES string of the molecule is O/C(=C(/Br)c1ccccc1)c1ccccc1. The summed E-state index contributed by atoms with van der Waals surface area (Å²) in [7, 11) is 0. The van der Waals surface area contributed by atoms with Gasteiger partial charge in [0.2, 0.25) is 0 Å². The third-order valence-electron chi connectivity index (χ3n) is 2.28. The van der Waals surface area contributed by atoms with Crippen LogP contribution < -0.4 is 0 Å². The molecule has 2 rings (SSSR count). The van der Waals surface area contributed by atoms with E-state index in [1.165, 1.54) is 0 Å². The maximum absolute atomic E-state index is 10.1. The van der Waals surface area contributed by atoms with E-state index in [0.717, 1.165) is 11.1 Å². The van der Waals surface area contributed by atoms with Gasteiger partial charge in [0.25, 0.3) is 0 Å². The predicted molar refractivity (Wildman–Crippen MR) is 71.3 cm³/mol. The highest BCUT2D eigenvalue weighted by Crippen LogP contribution is 2.28. The molecule has 0 amide bonds. The van der Waals surface area contributed by atoms with Crippen molar-refractivity contribution in [3.8, 4) is 0 Å². The Balaban J connectivity index is 2.43. The van der Waals surface area contributed by atoms with E-state index < -0.39 is 0 Å². The van der Waals surface area contributed by atoms with Gasteiger partial charge in [0.1, 0.15) is 5.76 Å². The van der Waals surface area contributed by atoms with Gasteiger partial charge in [-0.1, -0.05) is 60.7 Å². The van der Waals surface area contributed by atoms with Crippen LogP contribution in [0.4, 0.5) is 0 Å². The molecule has 80 valence electrons. The molecule has 16 heavy (non-hydrogen) atoms. The summed E-state index contributed by atoms with van der Waals surface area (Å²) in [6.45, 7) is 0. The molecule has 0 radical (unpaired) electrons. The lowest BCUT2D eigenvalue weighted by molar-refractivity contribution is 0.515. The Kier molecular flexibility index (Phi) is 3.42. The number of aliphatic hydroxyl groups is 1. The number of aliphatic hydroxyl groups excluding tert-OH is 1. The van der Waals surface area contributed by atoms with E-state index in [9.17, 15) is 5.11 Å². The molecule has 0 spiro atoms. The molecule has 2 aromatic carbocycles. The van der Waals surface area contributed by atoms with Crippen LogP contribution >= 0.6 is 15.9 Å². The van der Waals surface area contributed by atoms with E-state index in [1.54, 1.807) is 0 Å². The second-order valence-corrected chi connectivity index (χ2v) is 4.19. The lowest BCUT2D eigenvalue weighted by Gasteiger charge is -2.05. The Morgan fingerprint density at radius 3 is 1.69 bits per heavy atom. The standard InChI is InChI=1S/C14H11BrO/c15-13(11-7-3-1-4-8-11)14(16)12-9-5-2-6-10-12/h1-10,16H/b14-13+. The molecule has 0 bridgehead atoms. The Hall–Kier alpha value is -1.54. The quantitative estimate of drug-likeness (QED) is 0.633. The third-order valence-corrected chi connectivity index (χ3v) is 3.12. The van der Waals surface area contributed by atoms with E-state index in [2.05, 4.69) is 15.9 Å². The average molecular weight is 275 g/mol. The van der Waals surface area contributed by atoms with Crippen molar-refractivity contribution in [1.29, 1.82) is 0 Å². The summed E-state index contributed by atoms with van der Waals surface area (Å²) >= 11 is 3.42. The van der Waals surface area contributed by atoms with Crippen LogP contribution in [0.2, 0.25) is 0 Å². The maximum Gasteiger partial charge on any atom is 0.137 e. The molecule has 0 aliphatic heterocycles. The largest absolute Gasteiger partial charge is 0.506 e. The fourth-order valence-corrected chi connectivity index (χ4v) is 1.94. The molecule has 0 saturated heterocycles. The van der Waals surface area contributed by atoms with Gasteiger partial charge in [0, 0.05) is 5.56 Å². The van der Waals surface area contributed by atoms with Crippen LogP contribution in [0.25, 0.3) is 10.2 Å². The summed E-state index contributed by atoms with van der Waals surface area (Å²) in [5.41, 5.74) is 1.77. The normalized spacial score (nSPS) is 12.1. The first-order valence-electron chi connectivity index (χ1n) is 4.98. The van der Waals surface area contributed by atoms with Gasteiger partial charge in [-0.05, 0) is 21.5 Å². The summed E-state index contributed by atoms with van der Waals surface area (Å²) in [5, 5.41) is 10.1. The lowest BCUT2D eigenvalue weighted by Crippen LogP contribution is -1.85. The van der Waals surface area contributed by atoms with Crippen molar-refractivity contribution in [2.24, 2.45) is 0 Å². The van der Waals surface area contributed by atoms with Crippen molar-refractivity contribution in [2.45, 2.75) is 0 Å². The summed E-state index contributed by atoms with van der Waals surface area (Å²) < 4.78 is 0.708. The van der Waals surface area contributed by atoms with E-state index in [-0.39, 0.29) is 5.76 Å². The zero-order valence-electron chi connectivity index (χ0n) is 8.60. The molecule has 0 saturated carbocycles. The Bertz CT molecular complexity index is 441. The molecule has 2 heteroatoms. The van der Waals surface area contributed by atoms with Crippen LogP contribution in [-0.4, -0.2) is 5.11 Å². The van der Waals surface area contributed by atoms with Crippen molar-refractivity contribution >= 4 is 26.2 Å². The van der Waals surface area contributed by atoms with Gasteiger partial charge in [0.15, 0.2) is 0 Å². The van der Waals surface area contributed by atoms with Crippen LogP contribution in [-0.2, 0) is 0 Å². The van der Waals surface area contributed by atoms with Gasteiger partial charge in [-0.25, -0.2) is 0 Å². The lowest BCUT2D eigenvalue weighted by atomic mass is 10.1. The highest BCUT2D eigenvalue weighted by atomic mass is 79.9. The summed E-state index contributed by atoms with van der Waals surface area (Å²) in [6, 6.07) is 19.2. The van der Waals surface area contributed by atoms with Gasteiger partial charge >= 0.3 is 0 Å². The predicted octanol–water partition coefficient (Wildman–Crippen LogP) is 4.47. The molecule has 0 atom stereocenters. The topological polar surface area (TPSA) is 20.2 Å². The third kappa shape index (κ3) is 2.34. The van der Waals surface area contributed by atoms with E-state index in [4.69, 9.17) is 0 Å². The van der Waals surface area contributed by atoms with E-state index in [0.29, 0.717) is 4.48 Å². The second-order valence-electron chi connectivity index (χ2n) is 3.39. The van der Waals surface area contributed by atoms with Crippen molar-refractivity contribution in [3.63, 3.8) is 0 Å². The Labute approximate surface area is 103 Å². The monoisotopic (exact) mass is 274 g/mol. The fraction of sp³-hybridized carbons (Fsp3) is 0. The Morgan fingerprint density at radius 2 is 1.19 bits per heavy atom. The summed E-state index contributed by atoms with van der Waals surface area (Å²) in [5.74, 6) is 0.256. The van der Waals surface area contributed by atoms with Crippen LogP contribution in [0.3, 0.4) is 0 Å². The van der Waals surface area contributed by atoms with Crippen LogP contribution in [0.15, 0.2) is 60.7 Å². The number of benzene rings is 2. The second kappa shape index (κ2) is 4.99. The minimum atomic E-state index is 0.256. The first-order valence-corrected chi connectivity index (χ1v) is 5.78. The molecular weight excluding hydrogens is 264 g/mol. The minimum absolute atomic E-state index is 0.256. The number of halogens is 1. The molecule has 1 nitrogen and oxygen atoms in total. The van der Waals surface area contributed by atoms with Gasteiger partial charge < -0.3 is 5.11 Å². The molecule has 0 heterocycles. The summed E-state index contributed by atoms with van der Waals surface area (Å²) in [6.07, 6.45) is 0. The highest BCUT2D eigenvalue weighted by molar-refractivity contribution is 9.15. The average Bonchev–Trinajstić information content (AvgIpc) is 2.39. The van der Waals surface area contributed by atoms with Crippen LogP contribution in [0.5, 0.6) is 0 Å². The summed E-state index contributed by atoms with van der Waals surface area (Å²) in [4.78, 5) is 0. The number of hydrogen-bond donors (Lipinski definition) is 1. The molecule has 1 N–H and O–H groups in total. The molecule has 0 fully saturated rings. The van der Waals surface area contributed by atoms with Gasteiger partial charge in [0.05, 0.1) is 4.48 Å². The number of rotatable bonds is 2. The van der Waals surface area contributed by atoms with Crippen molar-refractivity contribution in [1.82, 2.24) is 0 Å². The fourth-order valence-electron chi connectivity index (χ4n) is 1.44. The molecular formula is C14H11BrO. The minimum Gasteiger partial charge on any atom is -0.506 e. The Morgan fingerprint density at radius 1 is 0.750 bits per heavy atom. The van der Waals surface area contributed by atoms with E-state index in [1.807, 2.05) is 60.7 Å². The van der Waals surface area contributed by atoms with Crippen molar-refractivity contribution in [2.75, 3.05) is 0 Å². The highest BCUT2D eigenvalue weighted by Gasteiger charge is 2.06. The van der Waals surface area contributed by atoms with Crippen molar-refractivity contribution in [3.05, 3.63) is 71.8 Å². The zero-order valence-corrected chi connectivity index (χ0v) is 10.2. The molecule has 0 unspecified atom stereocenters. The van der Waals surface area contributed by atoms with Gasteiger partial charge in [-0.15, -0.1) is 0 Å². The first-order chi connectivity index (χ1) is 7.79. The van der Waals surface area contributed by atoms with Crippen LogP contribution in [0, 0.1) is 0 Å². The maximum atomic E-state index is 10.1. The molecule has 0 aliphatic rings.